The maximum absolute atomic E-state index is 5.95. The van der Waals surface area contributed by atoms with Crippen LogP contribution >= 0.6 is 12.4 Å². The van der Waals surface area contributed by atoms with E-state index in [1.807, 2.05) is 12.2 Å². The highest BCUT2D eigenvalue weighted by atomic mass is 35.5. The number of halogens is 1. The fourth-order valence-corrected chi connectivity index (χ4v) is 2.41. The van der Waals surface area contributed by atoms with Gasteiger partial charge in [0.1, 0.15) is 0 Å². The van der Waals surface area contributed by atoms with Crippen molar-refractivity contribution in [3.63, 3.8) is 0 Å². The van der Waals surface area contributed by atoms with Crippen molar-refractivity contribution in [2.24, 2.45) is 5.73 Å². The van der Waals surface area contributed by atoms with E-state index in [-0.39, 0.29) is 17.9 Å². The first kappa shape index (κ1) is 15.7. The average Bonchev–Trinajstić information content (AvgIpc) is 2.23. The number of nitrogens with two attached hydrogens (primary N) is 1. The maximum Gasteiger partial charge on any atom is 0.0189 e. The van der Waals surface area contributed by atoms with Crippen molar-refractivity contribution < 1.29 is 0 Å². The molecule has 1 aliphatic rings. The lowest BCUT2D eigenvalue weighted by atomic mass is 9.79. The van der Waals surface area contributed by atoms with Gasteiger partial charge in [-0.15, -0.1) is 25.6 Å². The van der Waals surface area contributed by atoms with E-state index in [0.717, 1.165) is 25.9 Å². The van der Waals surface area contributed by atoms with Crippen LogP contribution in [-0.2, 0) is 0 Å². The molecule has 0 spiro atoms. The third-order valence-corrected chi connectivity index (χ3v) is 3.57. The van der Waals surface area contributed by atoms with Crippen LogP contribution in [-0.4, -0.2) is 29.6 Å². The van der Waals surface area contributed by atoms with Gasteiger partial charge in [0.15, 0.2) is 0 Å². The summed E-state index contributed by atoms with van der Waals surface area (Å²) in [7, 11) is 0. The van der Waals surface area contributed by atoms with Crippen LogP contribution in [0.3, 0.4) is 0 Å². The SMILES string of the molecule is C=CCN(CC=C)C1(C)CCC(N)CC1.Cl. The average molecular weight is 245 g/mol. The van der Waals surface area contributed by atoms with E-state index in [1.165, 1.54) is 12.8 Å². The maximum atomic E-state index is 5.95. The van der Waals surface area contributed by atoms with Crippen LogP contribution in [0.5, 0.6) is 0 Å². The summed E-state index contributed by atoms with van der Waals surface area (Å²) >= 11 is 0. The van der Waals surface area contributed by atoms with E-state index in [9.17, 15) is 0 Å². The molecular formula is C13H25ClN2. The minimum Gasteiger partial charge on any atom is -0.328 e. The lowest BCUT2D eigenvalue weighted by molar-refractivity contribution is 0.0838. The van der Waals surface area contributed by atoms with Gasteiger partial charge < -0.3 is 5.73 Å². The molecule has 1 aliphatic carbocycles. The number of hydrogen-bond donors (Lipinski definition) is 1. The summed E-state index contributed by atoms with van der Waals surface area (Å²) in [6.45, 7) is 11.9. The lowest BCUT2D eigenvalue weighted by Gasteiger charge is -2.44. The minimum absolute atomic E-state index is 0. The van der Waals surface area contributed by atoms with Gasteiger partial charge in [0, 0.05) is 24.7 Å². The molecule has 0 aromatic rings. The smallest absolute Gasteiger partial charge is 0.0189 e. The molecule has 2 nitrogen and oxygen atoms in total. The van der Waals surface area contributed by atoms with Gasteiger partial charge in [-0.1, -0.05) is 12.2 Å². The van der Waals surface area contributed by atoms with Crippen molar-refractivity contribution in [1.82, 2.24) is 4.90 Å². The van der Waals surface area contributed by atoms with Gasteiger partial charge in [0.05, 0.1) is 0 Å². The molecule has 1 rings (SSSR count). The molecule has 0 aromatic carbocycles. The summed E-state index contributed by atoms with van der Waals surface area (Å²) in [5, 5.41) is 0. The Morgan fingerprint density at radius 3 is 2.06 bits per heavy atom. The predicted octanol–water partition coefficient (Wildman–Crippen LogP) is 2.74. The van der Waals surface area contributed by atoms with Crippen LogP contribution in [0.25, 0.3) is 0 Å². The Bertz CT molecular complexity index is 210. The summed E-state index contributed by atoms with van der Waals surface area (Å²) in [6.07, 6.45) is 8.61. The second-order valence-corrected chi connectivity index (χ2v) is 4.82. The highest BCUT2D eigenvalue weighted by molar-refractivity contribution is 5.85. The van der Waals surface area contributed by atoms with Crippen LogP contribution in [0, 0.1) is 0 Å². The molecule has 0 aromatic heterocycles. The Balaban J connectivity index is 0.00000225. The van der Waals surface area contributed by atoms with Crippen molar-refractivity contribution in [2.75, 3.05) is 13.1 Å². The first-order chi connectivity index (χ1) is 7.12. The Hall–Kier alpha value is -0.310. The molecule has 94 valence electrons. The van der Waals surface area contributed by atoms with E-state index >= 15 is 0 Å². The second kappa shape index (κ2) is 7.10. The fourth-order valence-electron chi connectivity index (χ4n) is 2.41. The largest absolute Gasteiger partial charge is 0.328 e. The molecular weight excluding hydrogens is 220 g/mol. The summed E-state index contributed by atoms with van der Waals surface area (Å²) in [5.74, 6) is 0. The molecule has 0 unspecified atom stereocenters. The number of hydrogen-bond acceptors (Lipinski definition) is 2. The van der Waals surface area contributed by atoms with Crippen LogP contribution in [0.4, 0.5) is 0 Å². The zero-order valence-corrected chi connectivity index (χ0v) is 11.1. The number of nitrogens with zero attached hydrogens (tertiary/aromatic N) is 1. The van der Waals surface area contributed by atoms with Gasteiger partial charge in [-0.2, -0.15) is 0 Å². The summed E-state index contributed by atoms with van der Waals surface area (Å²) < 4.78 is 0. The van der Waals surface area contributed by atoms with E-state index in [0.29, 0.717) is 6.04 Å². The van der Waals surface area contributed by atoms with Gasteiger partial charge >= 0.3 is 0 Å². The quantitative estimate of drug-likeness (QED) is 0.754. The second-order valence-electron chi connectivity index (χ2n) is 4.82. The third kappa shape index (κ3) is 3.93. The zero-order chi connectivity index (χ0) is 11.3. The van der Waals surface area contributed by atoms with Gasteiger partial charge in [-0.3, -0.25) is 4.90 Å². The fraction of sp³-hybridized carbons (Fsp3) is 0.692. The molecule has 0 saturated heterocycles. The third-order valence-electron chi connectivity index (χ3n) is 3.57. The highest BCUT2D eigenvalue weighted by Crippen LogP contribution is 2.32. The summed E-state index contributed by atoms with van der Waals surface area (Å²) in [6, 6.07) is 0.410. The first-order valence-electron chi connectivity index (χ1n) is 5.85. The molecule has 0 bridgehead atoms. The minimum atomic E-state index is 0. The van der Waals surface area contributed by atoms with Gasteiger partial charge in [0.2, 0.25) is 0 Å². The number of rotatable bonds is 5. The van der Waals surface area contributed by atoms with E-state index < -0.39 is 0 Å². The molecule has 2 N–H and O–H groups in total. The molecule has 0 heterocycles. The highest BCUT2D eigenvalue weighted by Gasteiger charge is 2.34. The van der Waals surface area contributed by atoms with E-state index in [2.05, 4.69) is 25.0 Å². The van der Waals surface area contributed by atoms with Gasteiger partial charge in [-0.05, 0) is 32.6 Å². The summed E-state index contributed by atoms with van der Waals surface area (Å²) in [5.41, 5.74) is 6.23. The normalized spacial score (nSPS) is 29.6. The Labute approximate surface area is 106 Å². The van der Waals surface area contributed by atoms with Crippen LogP contribution in [0.2, 0.25) is 0 Å². The van der Waals surface area contributed by atoms with Crippen LogP contribution < -0.4 is 5.73 Å². The summed E-state index contributed by atoms with van der Waals surface area (Å²) in [4.78, 5) is 2.46. The van der Waals surface area contributed by atoms with Crippen molar-refractivity contribution in [3.8, 4) is 0 Å². The van der Waals surface area contributed by atoms with Crippen molar-refractivity contribution in [1.29, 1.82) is 0 Å². The topological polar surface area (TPSA) is 29.3 Å². The molecule has 0 atom stereocenters. The molecule has 1 saturated carbocycles. The van der Waals surface area contributed by atoms with Gasteiger partial charge in [-0.25, -0.2) is 0 Å². The Morgan fingerprint density at radius 1 is 1.25 bits per heavy atom. The van der Waals surface area contributed by atoms with Crippen molar-refractivity contribution >= 4 is 12.4 Å². The van der Waals surface area contributed by atoms with Crippen molar-refractivity contribution in [2.45, 2.75) is 44.2 Å². The van der Waals surface area contributed by atoms with Gasteiger partial charge in [0.25, 0.3) is 0 Å². The van der Waals surface area contributed by atoms with Crippen molar-refractivity contribution in [3.05, 3.63) is 25.3 Å². The predicted molar refractivity (Wildman–Crippen MR) is 74.1 cm³/mol. The van der Waals surface area contributed by atoms with E-state index in [1.54, 1.807) is 0 Å². The zero-order valence-electron chi connectivity index (χ0n) is 10.3. The molecule has 0 amide bonds. The molecule has 0 aliphatic heterocycles. The van der Waals surface area contributed by atoms with Crippen LogP contribution in [0.1, 0.15) is 32.6 Å². The molecule has 16 heavy (non-hydrogen) atoms. The molecule has 3 heteroatoms. The van der Waals surface area contributed by atoms with Crippen LogP contribution in [0.15, 0.2) is 25.3 Å². The lowest BCUT2D eigenvalue weighted by Crippen LogP contribution is -2.50. The van der Waals surface area contributed by atoms with E-state index in [4.69, 9.17) is 5.73 Å². The standard InChI is InChI=1S/C13H24N2.ClH/c1-4-10-15(11-5-2)13(3)8-6-12(14)7-9-13;/h4-5,12H,1-2,6-11,14H2,3H3;1H. The Kier molecular flexibility index (Phi) is 6.96. The first-order valence-corrected chi connectivity index (χ1v) is 5.85. The molecule has 1 fully saturated rings. The Morgan fingerprint density at radius 2 is 1.69 bits per heavy atom. The molecule has 0 radical (unpaired) electrons. The monoisotopic (exact) mass is 244 g/mol.